The number of nitrogens with one attached hydrogen (secondary N) is 1. The van der Waals surface area contributed by atoms with Gasteiger partial charge in [-0.3, -0.25) is 9.78 Å². The molecule has 5 nitrogen and oxygen atoms in total. The van der Waals surface area contributed by atoms with Crippen molar-refractivity contribution in [3.8, 4) is 5.75 Å². The highest BCUT2D eigenvalue weighted by Gasteiger charge is 2.20. The van der Waals surface area contributed by atoms with Gasteiger partial charge in [0.1, 0.15) is 17.1 Å². The number of carbonyl (C=O) groups is 1. The number of amides is 1. The van der Waals surface area contributed by atoms with Crippen LogP contribution in [0.1, 0.15) is 41.5 Å². The molecular weight excluding hydrogens is 388 g/mol. The quantitative estimate of drug-likeness (QED) is 0.485. The third-order valence-corrected chi connectivity index (χ3v) is 5.72. The first-order chi connectivity index (χ1) is 15.3. The second-order valence-electron chi connectivity index (χ2n) is 7.82. The summed E-state index contributed by atoms with van der Waals surface area (Å²) in [5.74, 6) is 1.57. The number of ether oxygens (including phenoxy) is 1. The summed E-state index contributed by atoms with van der Waals surface area (Å²) in [4.78, 5) is 17.2. The van der Waals surface area contributed by atoms with E-state index in [1.807, 2.05) is 66.7 Å². The van der Waals surface area contributed by atoms with E-state index >= 15 is 0 Å². The number of aromatic nitrogens is 1. The van der Waals surface area contributed by atoms with E-state index in [2.05, 4.69) is 10.3 Å². The molecule has 5 rings (SSSR count). The van der Waals surface area contributed by atoms with Gasteiger partial charge in [0.15, 0.2) is 6.61 Å². The molecule has 0 bridgehead atoms. The first kappa shape index (κ1) is 19.4. The number of hydrogen-bond acceptors (Lipinski definition) is 4. The minimum Gasteiger partial charge on any atom is -0.484 e. The van der Waals surface area contributed by atoms with Crippen molar-refractivity contribution in [2.45, 2.75) is 31.7 Å². The van der Waals surface area contributed by atoms with Crippen LogP contribution in [-0.2, 0) is 17.6 Å². The molecule has 31 heavy (non-hydrogen) atoms. The first-order valence-corrected chi connectivity index (χ1v) is 10.7. The van der Waals surface area contributed by atoms with Crippen LogP contribution in [0, 0.1) is 0 Å². The lowest BCUT2D eigenvalue weighted by Gasteiger charge is -2.19. The Morgan fingerprint density at radius 1 is 1.03 bits per heavy atom. The van der Waals surface area contributed by atoms with E-state index in [1.165, 1.54) is 18.4 Å². The van der Waals surface area contributed by atoms with Gasteiger partial charge in [0.2, 0.25) is 0 Å². The fraction of sp³-hybridized carbons (Fsp3) is 0.231. The highest BCUT2D eigenvalue weighted by Crippen LogP contribution is 2.34. The van der Waals surface area contributed by atoms with E-state index in [4.69, 9.17) is 9.15 Å². The average molecular weight is 412 g/mol. The fourth-order valence-electron chi connectivity index (χ4n) is 4.20. The first-order valence-electron chi connectivity index (χ1n) is 10.7. The molecule has 0 saturated heterocycles. The van der Waals surface area contributed by atoms with Crippen LogP contribution in [0.3, 0.4) is 0 Å². The van der Waals surface area contributed by atoms with Crippen molar-refractivity contribution in [3.63, 3.8) is 0 Å². The molecule has 1 amide bonds. The third kappa shape index (κ3) is 4.17. The molecule has 1 atom stereocenters. The van der Waals surface area contributed by atoms with E-state index in [9.17, 15) is 4.79 Å². The number of aryl methyl sites for hydroxylation is 2. The maximum absolute atomic E-state index is 12.7. The molecule has 2 aromatic carbocycles. The summed E-state index contributed by atoms with van der Waals surface area (Å²) in [7, 11) is 0. The fourth-order valence-corrected chi connectivity index (χ4v) is 4.20. The number of rotatable bonds is 6. The highest BCUT2D eigenvalue weighted by atomic mass is 16.5. The Morgan fingerprint density at radius 3 is 2.71 bits per heavy atom. The summed E-state index contributed by atoms with van der Waals surface area (Å²) >= 11 is 0. The number of benzene rings is 2. The molecule has 0 spiro atoms. The number of nitrogens with zero attached hydrogens (tertiary/aromatic N) is 1. The van der Waals surface area contributed by atoms with Crippen molar-refractivity contribution in [1.82, 2.24) is 10.3 Å². The van der Waals surface area contributed by atoms with Crippen molar-refractivity contribution in [3.05, 3.63) is 95.5 Å². The van der Waals surface area contributed by atoms with Gasteiger partial charge in [-0.2, -0.15) is 0 Å². The predicted molar refractivity (Wildman–Crippen MR) is 119 cm³/mol. The molecule has 1 aliphatic carbocycles. The van der Waals surface area contributed by atoms with Crippen molar-refractivity contribution in [2.24, 2.45) is 0 Å². The maximum atomic E-state index is 12.7. The monoisotopic (exact) mass is 412 g/mol. The van der Waals surface area contributed by atoms with Gasteiger partial charge in [0.05, 0.1) is 11.7 Å². The molecule has 0 saturated carbocycles. The Morgan fingerprint density at radius 2 is 1.87 bits per heavy atom. The average Bonchev–Trinajstić information content (AvgIpc) is 3.20. The predicted octanol–water partition coefficient (Wildman–Crippen LogP) is 4.99. The maximum Gasteiger partial charge on any atom is 0.258 e. The SMILES string of the molecule is O=C(COc1ccc2oc3c(c2c1)CCCC3)NC(c1ccccc1)c1ccccn1. The van der Waals surface area contributed by atoms with Crippen LogP contribution in [0.2, 0.25) is 0 Å². The summed E-state index contributed by atoms with van der Waals surface area (Å²) < 4.78 is 11.8. The van der Waals surface area contributed by atoms with Crippen LogP contribution >= 0.6 is 0 Å². The topological polar surface area (TPSA) is 64.4 Å². The van der Waals surface area contributed by atoms with Gasteiger partial charge in [-0.15, -0.1) is 0 Å². The normalized spacial score (nSPS) is 14.1. The smallest absolute Gasteiger partial charge is 0.258 e. The van der Waals surface area contributed by atoms with Gasteiger partial charge >= 0.3 is 0 Å². The Hall–Kier alpha value is -3.60. The lowest BCUT2D eigenvalue weighted by Crippen LogP contribution is -2.33. The van der Waals surface area contributed by atoms with Gasteiger partial charge in [-0.25, -0.2) is 0 Å². The lowest BCUT2D eigenvalue weighted by molar-refractivity contribution is -0.123. The number of pyridine rings is 1. The van der Waals surface area contributed by atoms with Gasteiger partial charge < -0.3 is 14.5 Å². The molecule has 0 fully saturated rings. The summed E-state index contributed by atoms with van der Waals surface area (Å²) in [6.07, 6.45) is 6.12. The van der Waals surface area contributed by atoms with Gasteiger partial charge in [0, 0.05) is 23.6 Å². The second kappa shape index (κ2) is 8.64. The lowest BCUT2D eigenvalue weighted by atomic mass is 9.96. The minimum atomic E-state index is -0.332. The number of fused-ring (bicyclic) bond motifs is 3. The van der Waals surface area contributed by atoms with E-state index < -0.39 is 0 Å². The summed E-state index contributed by atoms with van der Waals surface area (Å²) in [5, 5.41) is 4.16. The molecule has 1 aliphatic rings. The van der Waals surface area contributed by atoms with Gasteiger partial charge in [-0.05, 0) is 55.2 Å². The number of furan rings is 1. The molecule has 2 heterocycles. The van der Waals surface area contributed by atoms with Crippen LogP contribution in [0.25, 0.3) is 11.0 Å². The van der Waals surface area contributed by atoms with Gasteiger partial charge in [0.25, 0.3) is 5.91 Å². The zero-order valence-corrected chi connectivity index (χ0v) is 17.2. The van der Waals surface area contributed by atoms with Crippen molar-refractivity contribution in [2.75, 3.05) is 6.61 Å². The molecule has 156 valence electrons. The van der Waals surface area contributed by atoms with E-state index in [-0.39, 0.29) is 18.6 Å². The van der Waals surface area contributed by atoms with Crippen molar-refractivity contribution in [1.29, 1.82) is 0 Å². The highest BCUT2D eigenvalue weighted by molar-refractivity contribution is 5.84. The third-order valence-electron chi connectivity index (χ3n) is 5.72. The minimum absolute atomic E-state index is 0.0677. The molecule has 2 aromatic heterocycles. The molecule has 4 aromatic rings. The van der Waals surface area contributed by atoms with E-state index in [1.54, 1.807) is 6.20 Å². The largest absolute Gasteiger partial charge is 0.484 e. The van der Waals surface area contributed by atoms with Crippen molar-refractivity contribution < 1.29 is 13.9 Å². The zero-order chi connectivity index (χ0) is 21.0. The standard InChI is InChI=1S/C26H24N2O3/c29-25(28-26(18-8-2-1-3-9-18)22-11-6-7-15-27-22)17-30-19-13-14-24-21(16-19)20-10-4-5-12-23(20)31-24/h1-3,6-9,11,13-16,26H,4-5,10,12,17H2,(H,28,29). The molecule has 0 radical (unpaired) electrons. The Balaban J connectivity index is 1.30. The van der Waals surface area contributed by atoms with E-state index in [0.29, 0.717) is 5.75 Å². The van der Waals surface area contributed by atoms with Crippen LogP contribution in [0.5, 0.6) is 5.75 Å². The van der Waals surface area contributed by atoms with Gasteiger partial charge in [-0.1, -0.05) is 36.4 Å². The molecule has 5 heteroatoms. The van der Waals surface area contributed by atoms with Crippen LogP contribution in [-0.4, -0.2) is 17.5 Å². The molecular formula is C26H24N2O3. The number of hydrogen-bond donors (Lipinski definition) is 1. The van der Waals surface area contributed by atoms with Crippen LogP contribution in [0.4, 0.5) is 0 Å². The number of carbonyl (C=O) groups excluding carboxylic acids is 1. The Bertz CT molecular complexity index is 1150. The van der Waals surface area contributed by atoms with Crippen LogP contribution in [0.15, 0.2) is 77.3 Å². The zero-order valence-electron chi connectivity index (χ0n) is 17.2. The summed E-state index contributed by atoms with van der Waals surface area (Å²) in [5.41, 5.74) is 3.94. The summed E-state index contributed by atoms with van der Waals surface area (Å²) in [6.45, 7) is -0.0677. The second-order valence-corrected chi connectivity index (χ2v) is 7.82. The molecule has 1 N–H and O–H groups in total. The molecule has 1 unspecified atom stereocenters. The summed E-state index contributed by atoms with van der Waals surface area (Å²) in [6, 6.07) is 21.0. The van der Waals surface area contributed by atoms with Crippen LogP contribution < -0.4 is 10.1 Å². The Labute approximate surface area is 181 Å². The Kier molecular flexibility index (Phi) is 5.40. The van der Waals surface area contributed by atoms with Crippen molar-refractivity contribution >= 4 is 16.9 Å². The molecule has 0 aliphatic heterocycles. The van der Waals surface area contributed by atoms with E-state index in [0.717, 1.165) is 40.8 Å².